The van der Waals surface area contributed by atoms with E-state index < -0.39 is 0 Å². The number of carbonyl (C=O) groups is 1. The number of carbonyl (C=O) groups excluding carboxylic acids is 1. The highest BCUT2D eigenvalue weighted by Gasteiger charge is 2.13. The zero-order valence-corrected chi connectivity index (χ0v) is 21.1. The van der Waals surface area contributed by atoms with Crippen molar-refractivity contribution in [3.05, 3.63) is 75.9 Å². The lowest BCUT2D eigenvalue weighted by Gasteiger charge is -2.14. The second-order valence-corrected chi connectivity index (χ2v) is 8.66. The molecule has 1 heterocycles. The van der Waals surface area contributed by atoms with Gasteiger partial charge in [-0.05, 0) is 55.3 Å². The molecular weight excluding hydrogens is 459 g/mol. The minimum absolute atomic E-state index is 0. The van der Waals surface area contributed by atoms with Crippen LogP contribution < -0.4 is 15.4 Å². The first-order valence-electron chi connectivity index (χ1n) is 10.9. The highest BCUT2D eigenvalue weighted by atomic mass is 35.5. The van der Waals surface area contributed by atoms with Crippen LogP contribution in [0.2, 0.25) is 5.02 Å². The van der Waals surface area contributed by atoms with E-state index >= 15 is 0 Å². The normalized spacial score (nSPS) is 10.7. The summed E-state index contributed by atoms with van der Waals surface area (Å²) >= 11 is 6.23. The fourth-order valence-corrected chi connectivity index (χ4v) is 3.44. The van der Waals surface area contributed by atoms with Crippen LogP contribution >= 0.6 is 24.0 Å². The van der Waals surface area contributed by atoms with Crippen molar-refractivity contribution in [1.29, 1.82) is 0 Å². The van der Waals surface area contributed by atoms with Gasteiger partial charge in [-0.1, -0.05) is 44.5 Å². The van der Waals surface area contributed by atoms with E-state index in [0.29, 0.717) is 35.5 Å². The predicted molar refractivity (Wildman–Crippen MR) is 137 cm³/mol. The topological polar surface area (TPSA) is 68.2 Å². The Morgan fingerprint density at radius 2 is 1.97 bits per heavy atom. The third-order valence-electron chi connectivity index (χ3n) is 4.91. The van der Waals surface area contributed by atoms with Gasteiger partial charge in [0.2, 0.25) is 0 Å². The van der Waals surface area contributed by atoms with Crippen LogP contribution in [-0.2, 0) is 13.1 Å². The third kappa shape index (κ3) is 7.77. The maximum Gasteiger partial charge on any atom is 0.256 e. The molecule has 0 aliphatic heterocycles. The summed E-state index contributed by atoms with van der Waals surface area (Å²) in [6.45, 7) is 11.0. The van der Waals surface area contributed by atoms with Gasteiger partial charge in [0.15, 0.2) is 5.82 Å². The molecule has 0 bridgehead atoms. The maximum atomic E-state index is 12.7. The molecular formula is C25H32Cl2N4O2. The number of nitrogens with zero attached hydrogens (tertiary/aromatic N) is 2. The van der Waals surface area contributed by atoms with Gasteiger partial charge < -0.3 is 15.4 Å². The van der Waals surface area contributed by atoms with E-state index in [1.165, 1.54) is 0 Å². The van der Waals surface area contributed by atoms with E-state index in [2.05, 4.69) is 36.5 Å². The molecule has 178 valence electrons. The molecule has 0 spiro atoms. The standard InChI is InChI=1S/C25H31ClN4O2.ClH/c1-5-27-14-19-7-6-8-20(12-19)25(31)28-24-11-18(4)30(29-24)15-21-13-22(26)9-10-23(21)32-16-17(2)3;/h6-13,17,27H,5,14-16H2,1-4H3,(H,28,29,31);1H. The quantitative estimate of drug-likeness (QED) is 0.381. The molecule has 0 radical (unpaired) electrons. The molecule has 1 amide bonds. The molecule has 2 aromatic carbocycles. The Morgan fingerprint density at radius 3 is 2.70 bits per heavy atom. The minimum atomic E-state index is -0.184. The van der Waals surface area contributed by atoms with Gasteiger partial charge in [0, 0.05) is 34.5 Å². The molecule has 0 unspecified atom stereocenters. The van der Waals surface area contributed by atoms with E-state index in [1.54, 1.807) is 6.07 Å². The number of aromatic nitrogens is 2. The molecule has 2 N–H and O–H groups in total. The Bertz CT molecular complexity index is 1070. The van der Waals surface area contributed by atoms with Crippen LogP contribution in [0.4, 0.5) is 5.82 Å². The summed E-state index contributed by atoms with van der Waals surface area (Å²) in [6, 6.07) is 15.1. The van der Waals surface area contributed by atoms with E-state index in [4.69, 9.17) is 16.3 Å². The van der Waals surface area contributed by atoms with Crippen LogP contribution in [0.1, 0.15) is 48.0 Å². The van der Waals surface area contributed by atoms with Crippen LogP contribution in [-0.4, -0.2) is 28.8 Å². The number of halogens is 2. The zero-order valence-electron chi connectivity index (χ0n) is 19.5. The van der Waals surface area contributed by atoms with Gasteiger partial charge in [-0.15, -0.1) is 12.4 Å². The molecule has 0 aliphatic rings. The molecule has 8 heteroatoms. The Hall–Kier alpha value is -2.54. The summed E-state index contributed by atoms with van der Waals surface area (Å²) in [5.74, 6) is 1.54. The van der Waals surface area contributed by atoms with Gasteiger partial charge >= 0.3 is 0 Å². The first-order chi connectivity index (χ1) is 15.4. The Balaban J connectivity index is 0.00000385. The summed E-state index contributed by atoms with van der Waals surface area (Å²) in [5, 5.41) is 11.4. The second kappa shape index (κ2) is 12.6. The number of nitrogens with one attached hydrogen (secondary N) is 2. The maximum absolute atomic E-state index is 12.7. The third-order valence-corrected chi connectivity index (χ3v) is 5.14. The van der Waals surface area contributed by atoms with E-state index in [-0.39, 0.29) is 18.3 Å². The summed E-state index contributed by atoms with van der Waals surface area (Å²) < 4.78 is 7.80. The molecule has 0 aliphatic carbocycles. The largest absolute Gasteiger partial charge is 0.493 e. The van der Waals surface area contributed by atoms with Crippen LogP contribution in [0.15, 0.2) is 48.5 Å². The van der Waals surface area contributed by atoms with Crippen LogP contribution in [0.5, 0.6) is 5.75 Å². The van der Waals surface area contributed by atoms with Crippen molar-refractivity contribution in [2.45, 2.75) is 40.8 Å². The molecule has 1 aromatic heterocycles. The van der Waals surface area contributed by atoms with Gasteiger partial charge in [-0.2, -0.15) is 5.10 Å². The number of anilines is 1. The Kier molecular flexibility index (Phi) is 10.2. The first kappa shape index (κ1) is 26.7. The van der Waals surface area contributed by atoms with E-state index in [0.717, 1.165) is 35.7 Å². The zero-order chi connectivity index (χ0) is 23.1. The predicted octanol–water partition coefficient (Wildman–Crippen LogP) is 5.71. The van der Waals surface area contributed by atoms with Gasteiger partial charge in [-0.3, -0.25) is 9.48 Å². The fourth-order valence-electron chi connectivity index (χ4n) is 3.24. The Labute approximate surface area is 207 Å². The van der Waals surface area contributed by atoms with Crippen molar-refractivity contribution >= 4 is 35.7 Å². The summed E-state index contributed by atoms with van der Waals surface area (Å²) in [6.07, 6.45) is 0. The lowest BCUT2D eigenvalue weighted by Crippen LogP contribution is -2.15. The average molecular weight is 491 g/mol. The van der Waals surface area contributed by atoms with Crippen LogP contribution in [0.3, 0.4) is 0 Å². The van der Waals surface area contributed by atoms with Crippen LogP contribution in [0.25, 0.3) is 0 Å². The van der Waals surface area contributed by atoms with Gasteiger partial charge in [0.05, 0.1) is 13.2 Å². The van der Waals surface area contributed by atoms with Crippen molar-refractivity contribution in [3.63, 3.8) is 0 Å². The number of amides is 1. The van der Waals surface area contributed by atoms with Crippen molar-refractivity contribution in [3.8, 4) is 5.75 Å². The van der Waals surface area contributed by atoms with Crippen molar-refractivity contribution in [2.75, 3.05) is 18.5 Å². The highest BCUT2D eigenvalue weighted by Crippen LogP contribution is 2.25. The average Bonchev–Trinajstić information content (AvgIpc) is 3.10. The summed E-state index contributed by atoms with van der Waals surface area (Å²) in [5.41, 5.74) is 3.54. The molecule has 3 rings (SSSR count). The van der Waals surface area contributed by atoms with Gasteiger partial charge in [-0.25, -0.2) is 0 Å². The molecule has 33 heavy (non-hydrogen) atoms. The lowest BCUT2D eigenvalue weighted by molar-refractivity contribution is 0.102. The molecule has 6 nitrogen and oxygen atoms in total. The highest BCUT2D eigenvalue weighted by molar-refractivity contribution is 6.30. The number of hydrogen-bond acceptors (Lipinski definition) is 4. The number of rotatable bonds is 10. The van der Waals surface area contributed by atoms with Gasteiger partial charge in [0.1, 0.15) is 5.75 Å². The molecule has 0 atom stereocenters. The first-order valence-corrected chi connectivity index (χ1v) is 11.3. The van der Waals surface area contributed by atoms with E-state index in [9.17, 15) is 4.79 Å². The SMILES string of the molecule is CCNCc1cccc(C(=O)Nc2cc(C)n(Cc3cc(Cl)ccc3OCC(C)C)n2)c1.Cl. The van der Waals surface area contributed by atoms with Gasteiger partial charge in [0.25, 0.3) is 5.91 Å². The van der Waals surface area contributed by atoms with Crippen LogP contribution in [0, 0.1) is 12.8 Å². The number of benzene rings is 2. The van der Waals surface area contributed by atoms with E-state index in [1.807, 2.05) is 54.1 Å². The lowest BCUT2D eigenvalue weighted by atomic mass is 10.1. The van der Waals surface area contributed by atoms with Crippen molar-refractivity contribution < 1.29 is 9.53 Å². The number of aryl methyl sites for hydroxylation is 1. The fraction of sp³-hybridized carbons (Fsp3) is 0.360. The monoisotopic (exact) mass is 490 g/mol. The minimum Gasteiger partial charge on any atom is -0.493 e. The van der Waals surface area contributed by atoms with Crippen molar-refractivity contribution in [2.24, 2.45) is 5.92 Å². The molecule has 0 saturated heterocycles. The molecule has 0 fully saturated rings. The summed E-state index contributed by atoms with van der Waals surface area (Å²) in [7, 11) is 0. The molecule has 0 saturated carbocycles. The second-order valence-electron chi connectivity index (χ2n) is 8.22. The van der Waals surface area contributed by atoms with Crippen molar-refractivity contribution in [1.82, 2.24) is 15.1 Å². The summed E-state index contributed by atoms with van der Waals surface area (Å²) in [4.78, 5) is 12.7. The smallest absolute Gasteiger partial charge is 0.256 e. The number of hydrogen-bond donors (Lipinski definition) is 2. The molecule has 3 aromatic rings. The Morgan fingerprint density at radius 1 is 1.18 bits per heavy atom. The number of ether oxygens (including phenoxy) is 1.